The van der Waals surface area contributed by atoms with Crippen LogP contribution < -0.4 is 46.7 Å². The average Bonchev–Trinajstić information content (AvgIpc) is 0.832. The number of aromatic nitrogens is 5. The van der Waals surface area contributed by atoms with E-state index in [-0.39, 0.29) is 114 Å². The number of esters is 6. The van der Waals surface area contributed by atoms with Crippen molar-refractivity contribution < 1.29 is 111 Å². The smallest absolute Gasteiger partial charge is 0.375 e. The number of methoxy groups -OCH3 is 4. The van der Waals surface area contributed by atoms with Crippen molar-refractivity contribution in [3.8, 4) is 57.2 Å². The zero-order valence-electron chi connectivity index (χ0n) is 70.4. The van der Waals surface area contributed by atoms with E-state index in [9.17, 15) is 82.4 Å². The lowest BCUT2D eigenvalue weighted by molar-refractivity contribution is -0.157. The fraction of sp³-hybridized carbons (Fsp3) is 0.207. The van der Waals surface area contributed by atoms with Gasteiger partial charge in [-0.15, -0.1) is 0 Å². The maximum Gasteiger partial charge on any atom is 0.375 e. The minimum atomic E-state index is -1.14. The fourth-order valence-corrected chi connectivity index (χ4v) is 10.6. The van der Waals surface area contributed by atoms with Gasteiger partial charge in [-0.3, -0.25) is 71.0 Å². The largest absolute Gasteiger partial charge is 0.511 e. The second-order valence-corrected chi connectivity index (χ2v) is 24.8. The van der Waals surface area contributed by atoms with Crippen LogP contribution in [0.5, 0.6) is 28.7 Å². The van der Waals surface area contributed by atoms with Crippen LogP contribution in [0.25, 0.3) is 28.4 Å². The molecule has 5 aromatic heterocycles. The lowest BCUT2D eigenvalue weighted by atomic mass is 10.2. The van der Waals surface area contributed by atoms with Gasteiger partial charge in [0.05, 0.1) is 85.9 Å². The molecule has 34 nitrogen and oxygen atoms in total. The van der Waals surface area contributed by atoms with E-state index in [4.69, 9.17) is 43.0 Å². The normalized spacial score (nSPS) is 10.3. The van der Waals surface area contributed by atoms with Crippen LogP contribution in [-0.2, 0) is 59.0 Å². The second kappa shape index (κ2) is 53.5. The predicted octanol–water partition coefficient (Wildman–Crippen LogP) is 11.1. The van der Waals surface area contributed by atoms with Gasteiger partial charge in [-0.1, -0.05) is 109 Å². The Balaban J connectivity index is 0.000000262. The highest BCUT2D eigenvalue weighted by atomic mass is 16.6. The lowest BCUT2D eigenvalue weighted by Crippen LogP contribution is -2.21. The standard InChI is InChI=1S/C16H19NO5.C15H15NO4.C14H13NO4.C13H11NO4.C13H13NO3.C13H11NO3.C8H12O5/c1-3-21-15(19)10-14(18)13(16(20)22-4-2)11-17-12-8-6-5-7-9-12;1-3-20-15(18)12-10-16(11-7-5-4-6-8-11)14(17)9-13(12)19-2;1-2-19-14(18)11-9-15(13(17)8-12(11)16)10-6-4-3-5-7-10;1-18-11-7-12(15)14(8-10(11)13(16)17)9-5-3-2-4-6-9;2*1-17-12-7-13(16)14(8-10(12)9-15)11-5-3-2-4-6-11;1-3-12-7(10)5-6(9)8(11)13-4-2/h5-9,11,18H,3-4,10H2,1-2H3;4-10H,3H2,1-2H3;3-9,16H,2H2,1H3;2-8H,1H3,(H,16,17);2-8,15H,9H2,1H3;2-9H,1H3;3-5H2,1-2H3. The molecule has 6 aromatic carbocycles. The van der Waals surface area contributed by atoms with Gasteiger partial charge in [-0.25, -0.2) is 24.0 Å². The zero-order chi connectivity index (χ0) is 92.6. The molecule has 0 aliphatic heterocycles. The summed E-state index contributed by atoms with van der Waals surface area (Å²) in [6.07, 6.45) is 7.94. The molecule has 0 fully saturated rings. The Labute approximate surface area is 721 Å². The highest BCUT2D eigenvalue weighted by molar-refractivity contribution is 6.36. The third-order valence-electron chi connectivity index (χ3n) is 16.4. The molecule has 4 N–H and O–H groups in total. The summed E-state index contributed by atoms with van der Waals surface area (Å²) in [6.45, 7) is 10.8. The van der Waals surface area contributed by atoms with Crippen molar-refractivity contribution in [1.82, 2.24) is 22.8 Å². The molecular formula is C92H94N6O28. The van der Waals surface area contributed by atoms with Gasteiger partial charge < -0.3 is 67.8 Å². The van der Waals surface area contributed by atoms with Gasteiger partial charge in [0.2, 0.25) is 0 Å². The summed E-state index contributed by atoms with van der Waals surface area (Å²) in [4.78, 5) is 165. The minimum absolute atomic E-state index is 0.0368. The summed E-state index contributed by atoms with van der Waals surface area (Å²) in [5.41, 5.74) is 3.38. The Kier molecular flexibility index (Phi) is 42.6. The number of aromatic carboxylic acids is 1. The first-order valence-corrected chi connectivity index (χ1v) is 38.4. The molecule has 0 amide bonds. The van der Waals surface area contributed by atoms with Crippen LogP contribution in [0.15, 0.2) is 284 Å². The van der Waals surface area contributed by atoms with Crippen molar-refractivity contribution in [2.24, 2.45) is 4.99 Å². The van der Waals surface area contributed by atoms with Gasteiger partial charge in [-0.05, 0) is 114 Å². The van der Waals surface area contributed by atoms with Crippen LogP contribution >= 0.6 is 0 Å². The number of aldehydes is 1. The number of ether oxygens (including phenoxy) is 10. The number of hydrogen-bond donors (Lipinski definition) is 4. The number of nitrogens with zero attached hydrogens (tertiary/aromatic N) is 6. The van der Waals surface area contributed by atoms with E-state index in [1.165, 1.54) is 100 Å². The summed E-state index contributed by atoms with van der Waals surface area (Å²) < 4.78 is 55.0. The maximum atomic E-state index is 12.1. The Morgan fingerprint density at radius 3 is 1.08 bits per heavy atom. The first-order valence-electron chi connectivity index (χ1n) is 38.4. The van der Waals surface area contributed by atoms with E-state index in [0.29, 0.717) is 51.6 Å². The Morgan fingerprint density at radius 2 is 0.698 bits per heavy atom. The number of carbonyl (C=O) groups excluding carboxylic acids is 8. The molecule has 11 rings (SSSR count). The number of para-hydroxylation sites is 6. The molecule has 5 heterocycles. The highest BCUT2D eigenvalue weighted by Crippen LogP contribution is 2.23. The number of carboxylic acid groups (broad SMARTS) is 1. The number of hydrogen-bond acceptors (Lipinski definition) is 28. The molecular weight excluding hydrogens is 1640 g/mol. The molecule has 11 aromatic rings. The second-order valence-electron chi connectivity index (χ2n) is 24.8. The Morgan fingerprint density at radius 1 is 0.373 bits per heavy atom. The van der Waals surface area contributed by atoms with Gasteiger partial charge in [0.25, 0.3) is 33.6 Å². The molecule has 0 radical (unpaired) electrons. The molecule has 34 heteroatoms. The monoisotopic (exact) mass is 1730 g/mol. The predicted molar refractivity (Wildman–Crippen MR) is 463 cm³/mol. The molecule has 0 saturated carbocycles. The maximum absolute atomic E-state index is 12.1. The van der Waals surface area contributed by atoms with Gasteiger partial charge in [-0.2, -0.15) is 0 Å². The van der Waals surface area contributed by atoms with Crippen molar-refractivity contribution in [3.63, 3.8) is 0 Å². The first kappa shape index (κ1) is 100. The van der Waals surface area contributed by atoms with E-state index < -0.39 is 71.7 Å². The van der Waals surface area contributed by atoms with Crippen molar-refractivity contribution in [1.29, 1.82) is 0 Å². The molecule has 0 atom stereocenters. The van der Waals surface area contributed by atoms with Gasteiger partial charge in [0, 0.05) is 102 Å². The number of ketones is 1. The molecule has 0 bridgehead atoms. The number of Topliss-reactive ketones (excluding diaryl/α,β-unsaturated/α-hetero) is 1. The number of aromatic hydroxyl groups is 1. The van der Waals surface area contributed by atoms with Crippen molar-refractivity contribution in [3.05, 3.63) is 334 Å². The number of rotatable bonds is 28. The van der Waals surface area contributed by atoms with Crippen molar-refractivity contribution in [2.45, 2.75) is 61.0 Å². The summed E-state index contributed by atoms with van der Waals surface area (Å²) in [6, 6.07) is 60.0. The van der Waals surface area contributed by atoms with E-state index in [0.717, 1.165) is 17.8 Å². The number of carbonyl (C=O) groups is 9. The number of aliphatic hydroxyl groups is 2. The summed E-state index contributed by atoms with van der Waals surface area (Å²) in [7, 11) is 5.63. The van der Waals surface area contributed by atoms with Crippen LogP contribution in [0.4, 0.5) is 5.69 Å². The summed E-state index contributed by atoms with van der Waals surface area (Å²) >= 11 is 0. The van der Waals surface area contributed by atoms with E-state index >= 15 is 0 Å². The van der Waals surface area contributed by atoms with E-state index in [1.54, 1.807) is 145 Å². The zero-order valence-corrected chi connectivity index (χ0v) is 70.4. The Bertz CT molecular complexity index is 5830. The van der Waals surface area contributed by atoms with Gasteiger partial charge >= 0.3 is 41.8 Å². The molecule has 0 saturated heterocycles. The molecule has 0 unspecified atom stereocenters. The van der Waals surface area contributed by atoms with E-state index in [1.807, 2.05) is 84.9 Å². The average molecular weight is 1730 g/mol. The molecule has 126 heavy (non-hydrogen) atoms. The summed E-state index contributed by atoms with van der Waals surface area (Å²) in [5, 5.41) is 37.9. The number of aliphatic imine (C=N–C) groups is 1. The summed E-state index contributed by atoms with van der Waals surface area (Å²) in [5.74, 6) is -6.13. The number of benzene rings is 6. The molecule has 0 spiro atoms. The quantitative estimate of drug-likeness (QED) is 0.00517. The van der Waals surface area contributed by atoms with Gasteiger partial charge in [0.1, 0.15) is 69.6 Å². The van der Waals surface area contributed by atoms with Crippen molar-refractivity contribution in [2.75, 3.05) is 68.1 Å². The number of carboxylic acids is 1. The first-order chi connectivity index (χ1) is 60.6. The van der Waals surface area contributed by atoms with E-state index in [2.05, 4.69) is 14.5 Å². The Hall–Kier alpha value is -16.1. The van der Waals surface area contributed by atoms with Gasteiger partial charge in [0.15, 0.2) is 6.29 Å². The third-order valence-corrected chi connectivity index (χ3v) is 16.4. The molecule has 660 valence electrons. The number of aliphatic hydroxyl groups excluding tert-OH is 2. The third kappa shape index (κ3) is 31.2. The van der Waals surface area contributed by atoms with Crippen LogP contribution in [0.3, 0.4) is 0 Å². The number of pyridine rings is 5. The minimum Gasteiger partial charge on any atom is -0.511 e. The fourth-order valence-electron chi connectivity index (χ4n) is 10.6. The highest BCUT2D eigenvalue weighted by Gasteiger charge is 2.23. The van der Waals surface area contributed by atoms with Crippen LogP contribution in [0.1, 0.15) is 101 Å². The SMILES string of the molecule is CCOC(=O)CC(=O)C(=O)OCC.CCOC(=O)CC(O)=C(C=Nc1ccccc1)C(=O)OCC.CCOC(=O)c1cn(-c2ccccc2)c(=O)cc1O.CCOC(=O)c1cn(-c2ccccc2)c(=O)cc1OC.COc1cc(=O)n(-c2ccccc2)cc1C(=O)O.COc1cc(=O)n(-c2ccccc2)cc1C=O.COc1cc(=O)n(-c2ccccc2)cc1CO. The molecule has 0 aliphatic carbocycles. The van der Waals surface area contributed by atoms with Crippen LogP contribution in [-0.4, -0.2) is 171 Å². The van der Waals surface area contributed by atoms with Crippen LogP contribution in [0.2, 0.25) is 0 Å². The topological polar surface area (TPSA) is 449 Å². The lowest BCUT2D eigenvalue weighted by Gasteiger charge is -2.11. The van der Waals surface area contributed by atoms with Crippen molar-refractivity contribution >= 4 is 65.8 Å². The van der Waals surface area contributed by atoms with Crippen LogP contribution in [0, 0.1) is 0 Å². The molecule has 0 aliphatic rings.